The fourth-order valence-electron chi connectivity index (χ4n) is 6.03. The van der Waals surface area contributed by atoms with Gasteiger partial charge in [0, 0.05) is 80.6 Å². The van der Waals surface area contributed by atoms with Crippen molar-refractivity contribution in [1.82, 2.24) is 139 Å². The van der Waals surface area contributed by atoms with E-state index < -0.39 is 28.7 Å². The average molecular weight is 1300 g/mol. The van der Waals surface area contributed by atoms with Crippen molar-refractivity contribution >= 4 is 72.9 Å². The van der Waals surface area contributed by atoms with Crippen LogP contribution in [0.4, 0.5) is 4.39 Å². The van der Waals surface area contributed by atoms with E-state index in [1.54, 1.807) is 10.8 Å². The monoisotopic (exact) mass is 1300 g/mol. The lowest BCUT2D eigenvalue weighted by Crippen LogP contribution is -2.24. The SMILES string of the molecule is [3H]c1csc(OCc2c(Br)ncnc2-n2nnn(C)c2=O)n1.[3H]c1csc(OCc2c(Cl)ncnc2-n2nnn(C)c2=O)n1.[3H]c1csc(OCc2c(F)ncnc2-n2nnn(C)c2=O)n1.[3H]c1csc(OCc2cncnc2-n2nnn(C)c2=O)n1. The molecule has 43 heteroatoms. The van der Waals surface area contributed by atoms with Crippen LogP contribution in [0.3, 0.4) is 0 Å². The first-order chi connectivity index (χ1) is 41.8. The normalized spacial score (nSPS) is 11.4. The van der Waals surface area contributed by atoms with Gasteiger partial charge in [-0.1, -0.05) is 56.9 Å². The van der Waals surface area contributed by atoms with Gasteiger partial charge in [0.15, 0.2) is 23.3 Å². The molecule has 0 radical (unpaired) electrons. The highest BCUT2D eigenvalue weighted by Gasteiger charge is 2.21. The lowest BCUT2D eigenvalue weighted by molar-refractivity contribution is 0.294. The molecule has 0 aromatic carbocycles. The Bertz CT molecular complexity index is 4260. The summed E-state index contributed by atoms with van der Waals surface area (Å²) in [6, 6.07) is 0. The first-order valence-electron chi connectivity index (χ1n) is 24.3. The maximum absolute atomic E-state index is 13.9. The lowest BCUT2D eigenvalue weighted by Gasteiger charge is -2.08. The second kappa shape index (κ2) is 27.1. The molecule has 0 saturated heterocycles. The second-order valence-corrected chi connectivity index (χ2v) is 19.5. The molecule has 0 fully saturated rings. The summed E-state index contributed by atoms with van der Waals surface area (Å²) in [5.41, 5.74) is -0.526. The third-order valence-corrected chi connectivity index (χ3v) is 13.5. The Labute approximate surface area is 494 Å². The molecule has 12 aromatic heterocycles. The molecule has 0 aliphatic heterocycles. The predicted octanol–water partition coefficient (Wildman–Crippen LogP) is 0.721. The van der Waals surface area contributed by atoms with Crippen molar-refractivity contribution in [1.29, 1.82) is 0 Å². The van der Waals surface area contributed by atoms with Gasteiger partial charge in [0.05, 0.1) is 27.7 Å². The molecule has 36 nitrogen and oxygen atoms in total. The first-order valence-corrected chi connectivity index (χ1v) is 27.0. The number of hydrogen-bond acceptors (Lipinski definition) is 32. The predicted molar refractivity (Wildman–Crippen MR) is 287 cm³/mol. The van der Waals surface area contributed by atoms with Gasteiger partial charge in [-0.3, -0.25) is 0 Å². The number of halogens is 3. The topological polar surface area (TPSA) is 402 Å². The lowest BCUT2D eigenvalue weighted by atomic mass is 10.3. The third kappa shape index (κ3) is 14.0. The molecule has 0 spiro atoms. The molecule has 0 unspecified atom stereocenters. The summed E-state index contributed by atoms with van der Waals surface area (Å²) < 4.78 is 73.7. The van der Waals surface area contributed by atoms with Gasteiger partial charge in [-0.05, 0) is 57.6 Å². The second-order valence-electron chi connectivity index (χ2n) is 15.1. The van der Waals surface area contributed by atoms with Gasteiger partial charge >= 0.3 is 22.8 Å². The first kappa shape index (κ1) is 52.6. The molecule has 0 aliphatic rings. The zero-order valence-electron chi connectivity index (χ0n) is 46.1. The largest absolute Gasteiger partial charge is 0.465 e. The number of thiazole rings is 4. The highest BCUT2D eigenvalue weighted by molar-refractivity contribution is 9.10. The van der Waals surface area contributed by atoms with Crippen LogP contribution < -0.4 is 41.7 Å². The standard InChI is InChI=1S/C10H8BrN7O2S.C10H8ClN7O2S.C10H8FN7O2S.C10H9N7O2S/c3*1-17-10(19)18(16-15-17)8-6(7(11)13-5-14-8)4-20-9-12-2-3-21-9;1-16-10(18)17(15-14-16)8-7(4-11-6-13-8)5-19-9-12-2-3-20-9/h3*2-3,5H,4H2,1H3;2-4,6H,5H2,1H3/i4*2T. The molecular weight excluding hydrogens is 1260 g/mol. The molecular formula is C40H33BrClFN28O8S4. The zero-order valence-corrected chi connectivity index (χ0v) is 47.7. The van der Waals surface area contributed by atoms with Crippen LogP contribution in [0, 0.1) is 5.95 Å². The number of aromatic nitrogens is 28. The van der Waals surface area contributed by atoms with E-state index in [1.807, 2.05) is 0 Å². The van der Waals surface area contributed by atoms with Crippen molar-refractivity contribution < 1.29 is 28.8 Å². The van der Waals surface area contributed by atoms with Crippen LogP contribution in [0.5, 0.6) is 20.8 Å². The molecule has 0 amide bonds. The summed E-state index contributed by atoms with van der Waals surface area (Å²) >= 11 is 14.1. The Morgan fingerprint density at radius 3 is 1.25 bits per heavy atom. The fraction of sp³-hybridized carbons (Fsp3) is 0.200. The summed E-state index contributed by atoms with van der Waals surface area (Å²) in [6.45, 7) is -0.123. The van der Waals surface area contributed by atoms with E-state index in [9.17, 15) is 23.6 Å². The molecule has 426 valence electrons. The summed E-state index contributed by atoms with van der Waals surface area (Å²) in [5.74, 6) is -0.160. The van der Waals surface area contributed by atoms with Crippen LogP contribution in [0.2, 0.25) is 5.15 Å². The van der Waals surface area contributed by atoms with Crippen LogP contribution in [0.25, 0.3) is 23.3 Å². The Morgan fingerprint density at radius 1 is 0.470 bits per heavy atom. The van der Waals surface area contributed by atoms with Gasteiger partial charge in [0.25, 0.3) is 20.8 Å². The minimum absolute atomic E-state index is 0.0228. The number of rotatable bonds is 16. The van der Waals surface area contributed by atoms with Crippen molar-refractivity contribution in [2.24, 2.45) is 28.2 Å². The molecule has 12 rings (SSSR count). The molecule has 0 bridgehead atoms. The number of ether oxygens (including phenoxy) is 4. The minimum Gasteiger partial charge on any atom is -0.465 e. The van der Waals surface area contributed by atoms with Gasteiger partial charge in [-0.2, -0.15) is 23.1 Å². The van der Waals surface area contributed by atoms with Crippen LogP contribution in [-0.2, 0) is 54.6 Å². The smallest absolute Gasteiger partial charge is 0.369 e. The van der Waals surface area contributed by atoms with Crippen molar-refractivity contribution in [3.05, 3.63) is 158 Å². The van der Waals surface area contributed by atoms with Crippen LogP contribution in [-0.4, -0.2) is 139 Å². The molecule has 12 aromatic rings. The Hall–Kier alpha value is -9.78. The zero-order chi connectivity index (χ0) is 61.9. The van der Waals surface area contributed by atoms with Gasteiger partial charge < -0.3 is 18.9 Å². The van der Waals surface area contributed by atoms with E-state index in [0.717, 1.165) is 55.1 Å². The van der Waals surface area contributed by atoms with E-state index in [1.165, 1.54) is 98.1 Å². The summed E-state index contributed by atoms with van der Waals surface area (Å²) in [5, 5.41) is 36.7. The van der Waals surface area contributed by atoms with Crippen molar-refractivity contribution in [3.8, 4) is 44.0 Å². The summed E-state index contributed by atoms with van der Waals surface area (Å²) in [4.78, 5) is 94.2. The van der Waals surface area contributed by atoms with E-state index in [0.29, 0.717) is 42.7 Å². The molecule has 0 aliphatic carbocycles. The number of aryl methyl sites for hydroxylation is 4. The molecule has 83 heavy (non-hydrogen) atoms. The van der Waals surface area contributed by atoms with Gasteiger partial charge in [0.2, 0.25) is 5.95 Å². The number of nitrogens with zero attached hydrogens (tertiary/aromatic N) is 28. The quantitative estimate of drug-likeness (QED) is 0.120. The van der Waals surface area contributed by atoms with Gasteiger partial charge in [-0.25, -0.2) is 79.0 Å². The molecule has 0 N–H and O–H groups in total. The Kier molecular flexibility index (Phi) is 17.2. The van der Waals surface area contributed by atoms with E-state index >= 15 is 0 Å². The highest BCUT2D eigenvalue weighted by Crippen LogP contribution is 2.24. The molecule has 12 heterocycles. The maximum Gasteiger partial charge on any atom is 0.369 e. The van der Waals surface area contributed by atoms with Crippen molar-refractivity contribution in [3.63, 3.8) is 0 Å². The van der Waals surface area contributed by atoms with Gasteiger partial charge in [0.1, 0.15) is 61.5 Å². The maximum atomic E-state index is 13.9. The average Bonchev–Trinajstić information content (AvgIpc) is 2.60. The van der Waals surface area contributed by atoms with Gasteiger partial charge in [-0.15, -0.1) is 18.7 Å². The van der Waals surface area contributed by atoms with Crippen LogP contribution in [0.15, 0.2) is 101 Å². The summed E-state index contributed by atoms with van der Waals surface area (Å²) in [7, 11) is 5.86. The number of hydrogen-bond donors (Lipinski definition) is 0. The summed E-state index contributed by atoms with van der Waals surface area (Å²) in [6.07, 6.45) is 6.77. The fourth-order valence-corrected chi connectivity index (χ4v) is 8.35. The molecule has 0 saturated carbocycles. The van der Waals surface area contributed by atoms with E-state index in [4.69, 9.17) is 36.0 Å². The third-order valence-electron chi connectivity index (χ3n) is 9.91. The van der Waals surface area contributed by atoms with E-state index in [-0.39, 0.29) is 84.5 Å². The molecule has 0 atom stereocenters. The minimum atomic E-state index is -0.842. The van der Waals surface area contributed by atoms with E-state index in [2.05, 4.69) is 117 Å². The van der Waals surface area contributed by atoms with Crippen LogP contribution >= 0.6 is 72.9 Å². The Morgan fingerprint density at radius 2 is 0.831 bits per heavy atom. The highest BCUT2D eigenvalue weighted by atomic mass is 79.9. The van der Waals surface area contributed by atoms with Crippen molar-refractivity contribution in [2.45, 2.75) is 26.4 Å². The Balaban J connectivity index is 0.000000138. The number of tetrazole rings is 4. The van der Waals surface area contributed by atoms with Crippen molar-refractivity contribution in [2.75, 3.05) is 0 Å². The van der Waals surface area contributed by atoms with Crippen LogP contribution in [0.1, 0.15) is 27.7 Å².